The second-order valence-electron chi connectivity index (χ2n) is 3.44. The number of nitrogens with zero attached hydrogens (tertiary/aromatic N) is 2. The number of aromatic nitrogens is 1. The van der Waals surface area contributed by atoms with E-state index < -0.39 is 0 Å². The van der Waals surface area contributed by atoms with Crippen LogP contribution < -0.4 is 5.32 Å². The second-order valence-corrected chi connectivity index (χ2v) is 4.26. The Morgan fingerprint density at radius 1 is 1.35 bits per heavy atom. The van der Waals surface area contributed by atoms with Crippen LogP contribution in [0.5, 0.6) is 0 Å². The summed E-state index contributed by atoms with van der Waals surface area (Å²) in [7, 11) is 0. The molecule has 0 bridgehead atoms. The molecule has 0 amide bonds. The lowest BCUT2D eigenvalue weighted by atomic mass is 10.1. The van der Waals surface area contributed by atoms with E-state index in [9.17, 15) is 0 Å². The molecule has 1 N–H and O–H groups in total. The maximum atomic E-state index is 9.06. The van der Waals surface area contributed by atoms with E-state index in [1.807, 2.05) is 6.92 Å². The van der Waals surface area contributed by atoms with Gasteiger partial charge in [-0.3, -0.25) is 4.98 Å². The molecule has 0 atom stereocenters. The Balaban J connectivity index is 2.89. The minimum Gasteiger partial charge on any atom is -0.384 e. The predicted molar refractivity (Wildman–Crippen MR) is 70.6 cm³/mol. The normalized spacial score (nSPS) is 10.2. The third kappa shape index (κ3) is 2.02. The number of anilines is 1. The van der Waals surface area contributed by atoms with Gasteiger partial charge in [-0.25, -0.2) is 0 Å². The average Bonchev–Trinajstić information content (AvgIpc) is 2.34. The molecule has 1 heterocycles. The van der Waals surface area contributed by atoms with Gasteiger partial charge < -0.3 is 5.32 Å². The lowest BCUT2D eigenvalue weighted by Gasteiger charge is -2.11. The Labute approximate surface area is 109 Å². The van der Waals surface area contributed by atoms with Crippen molar-refractivity contribution in [2.75, 3.05) is 11.9 Å². The minimum atomic E-state index is 0.462. The molecule has 0 spiro atoms. The molecule has 86 valence electrons. The van der Waals surface area contributed by atoms with Crippen molar-refractivity contribution in [3.63, 3.8) is 0 Å². The van der Waals surface area contributed by atoms with E-state index in [2.05, 4.69) is 16.4 Å². The van der Waals surface area contributed by atoms with Crippen LogP contribution in [-0.4, -0.2) is 11.5 Å². The molecule has 0 fully saturated rings. The zero-order chi connectivity index (χ0) is 12.4. The quantitative estimate of drug-likeness (QED) is 0.898. The lowest BCUT2D eigenvalue weighted by Crippen LogP contribution is -2.01. The summed E-state index contributed by atoms with van der Waals surface area (Å²) < 4.78 is 0. The highest BCUT2D eigenvalue weighted by atomic mass is 35.5. The highest BCUT2D eigenvalue weighted by Crippen LogP contribution is 2.35. The summed E-state index contributed by atoms with van der Waals surface area (Å²) in [5, 5.41) is 13.9. The monoisotopic (exact) mass is 265 g/mol. The highest BCUT2D eigenvalue weighted by molar-refractivity contribution is 6.40. The molecule has 1 aromatic carbocycles. The number of halogens is 2. The van der Waals surface area contributed by atoms with Gasteiger partial charge >= 0.3 is 0 Å². The van der Waals surface area contributed by atoms with E-state index in [4.69, 9.17) is 28.5 Å². The standard InChI is InChI=1S/C12H9Cl2N3/c1-2-16-11-7(5-15)6-17-12-9(14)4-3-8(13)10(11)12/h3-4,6H,2H2,1H3,(H,16,17). The zero-order valence-corrected chi connectivity index (χ0v) is 10.6. The van der Waals surface area contributed by atoms with Crippen LogP contribution in [0.25, 0.3) is 10.9 Å². The van der Waals surface area contributed by atoms with Crippen molar-refractivity contribution in [2.24, 2.45) is 0 Å². The topological polar surface area (TPSA) is 48.7 Å². The molecule has 5 heteroatoms. The molecular weight excluding hydrogens is 257 g/mol. The van der Waals surface area contributed by atoms with Crippen LogP contribution in [0.4, 0.5) is 5.69 Å². The van der Waals surface area contributed by atoms with Crippen molar-refractivity contribution in [3.05, 3.63) is 33.9 Å². The van der Waals surface area contributed by atoms with Crippen LogP contribution in [0.3, 0.4) is 0 Å². The van der Waals surface area contributed by atoms with Crippen molar-refractivity contribution in [1.82, 2.24) is 4.98 Å². The molecule has 1 aromatic heterocycles. The zero-order valence-electron chi connectivity index (χ0n) is 9.09. The number of nitriles is 1. The Morgan fingerprint density at radius 2 is 2.06 bits per heavy atom. The van der Waals surface area contributed by atoms with Crippen LogP contribution in [0.15, 0.2) is 18.3 Å². The van der Waals surface area contributed by atoms with E-state index in [1.165, 1.54) is 6.20 Å². The Hall–Kier alpha value is -1.50. The first-order chi connectivity index (χ1) is 8.19. The fraction of sp³-hybridized carbons (Fsp3) is 0.167. The summed E-state index contributed by atoms with van der Waals surface area (Å²) in [6.07, 6.45) is 1.50. The third-order valence-corrected chi connectivity index (χ3v) is 3.01. The maximum absolute atomic E-state index is 9.06. The van der Waals surface area contributed by atoms with E-state index in [-0.39, 0.29) is 0 Å². The molecule has 3 nitrogen and oxygen atoms in total. The van der Waals surface area contributed by atoms with Gasteiger partial charge in [0, 0.05) is 18.1 Å². The van der Waals surface area contributed by atoms with E-state index in [1.54, 1.807) is 12.1 Å². The number of hydrogen-bond acceptors (Lipinski definition) is 3. The summed E-state index contributed by atoms with van der Waals surface area (Å²) in [6.45, 7) is 2.64. The molecule has 0 unspecified atom stereocenters. The highest BCUT2D eigenvalue weighted by Gasteiger charge is 2.13. The number of fused-ring (bicyclic) bond motifs is 1. The van der Waals surface area contributed by atoms with Crippen LogP contribution in [-0.2, 0) is 0 Å². The van der Waals surface area contributed by atoms with Crippen molar-refractivity contribution in [1.29, 1.82) is 5.26 Å². The van der Waals surface area contributed by atoms with Crippen LogP contribution >= 0.6 is 23.2 Å². The molecule has 0 saturated heterocycles. The van der Waals surface area contributed by atoms with Crippen LogP contribution in [0.1, 0.15) is 12.5 Å². The van der Waals surface area contributed by atoms with E-state index in [0.29, 0.717) is 38.7 Å². The van der Waals surface area contributed by atoms with Gasteiger partial charge in [0.05, 0.1) is 26.8 Å². The first-order valence-electron chi connectivity index (χ1n) is 5.09. The molecule has 2 aromatic rings. The third-order valence-electron chi connectivity index (χ3n) is 2.39. The summed E-state index contributed by atoms with van der Waals surface area (Å²) in [4.78, 5) is 4.18. The molecule has 0 aliphatic rings. The van der Waals surface area contributed by atoms with Gasteiger partial charge in [-0.15, -0.1) is 0 Å². The van der Waals surface area contributed by atoms with Gasteiger partial charge in [0.1, 0.15) is 6.07 Å². The van der Waals surface area contributed by atoms with Crippen molar-refractivity contribution < 1.29 is 0 Å². The second kappa shape index (κ2) is 4.79. The fourth-order valence-electron chi connectivity index (χ4n) is 1.68. The summed E-state index contributed by atoms with van der Waals surface area (Å²) in [5.74, 6) is 0. The Morgan fingerprint density at radius 3 is 2.71 bits per heavy atom. The number of hydrogen-bond donors (Lipinski definition) is 1. The van der Waals surface area contributed by atoms with Gasteiger partial charge in [0.15, 0.2) is 0 Å². The molecule has 2 rings (SSSR count). The van der Waals surface area contributed by atoms with Crippen molar-refractivity contribution in [2.45, 2.75) is 6.92 Å². The Kier molecular flexibility index (Phi) is 3.37. The number of nitrogens with one attached hydrogen (secondary N) is 1. The Bertz CT molecular complexity index is 617. The predicted octanol–water partition coefficient (Wildman–Crippen LogP) is 3.85. The molecule has 0 radical (unpaired) electrons. The van der Waals surface area contributed by atoms with Gasteiger partial charge in [-0.2, -0.15) is 5.26 Å². The molecule has 0 aliphatic heterocycles. The first-order valence-corrected chi connectivity index (χ1v) is 5.85. The molecule has 17 heavy (non-hydrogen) atoms. The smallest absolute Gasteiger partial charge is 0.103 e. The van der Waals surface area contributed by atoms with E-state index in [0.717, 1.165) is 0 Å². The van der Waals surface area contributed by atoms with Gasteiger partial charge in [0.2, 0.25) is 0 Å². The van der Waals surface area contributed by atoms with E-state index >= 15 is 0 Å². The molecule has 0 saturated carbocycles. The lowest BCUT2D eigenvalue weighted by molar-refractivity contribution is 1.21. The SMILES string of the molecule is CCNc1c(C#N)cnc2c(Cl)ccc(Cl)c12. The summed E-state index contributed by atoms with van der Waals surface area (Å²) in [5.41, 5.74) is 1.75. The van der Waals surface area contributed by atoms with Gasteiger partial charge in [-0.1, -0.05) is 23.2 Å². The van der Waals surface area contributed by atoms with Gasteiger partial charge in [0.25, 0.3) is 0 Å². The largest absolute Gasteiger partial charge is 0.384 e. The number of pyridine rings is 1. The maximum Gasteiger partial charge on any atom is 0.103 e. The summed E-state index contributed by atoms with van der Waals surface area (Å²) >= 11 is 12.2. The number of rotatable bonds is 2. The average molecular weight is 266 g/mol. The van der Waals surface area contributed by atoms with Crippen molar-refractivity contribution >= 4 is 39.8 Å². The van der Waals surface area contributed by atoms with Crippen LogP contribution in [0, 0.1) is 11.3 Å². The first kappa shape index (κ1) is 12.0. The molecule has 0 aliphatic carbocycles. The fourth-order valence-corrected chi connectivity index (χ4v) is 2.13. The number of benzene rings is 1. The molecular formula is C12H9Cl2N3. The van der Waals surface area contributed by atoms with Gasteiger partial charge in [-0.05, 0) is 19.1 Å². The summed E-state index contributed by atoms with van der Waals surface area (Å²) in [6, 6.07) is 5.49. The van der Waals surface area contributed by atoms with Crippen molar-refractivity contribution in [3.8, 4) is 6.07 Å². The minimum absolute atomic E-state index is 0.462. The van der Waals surface area contributed by atoms with Crippen LogP contribution in [0.2, 0.25) is 10.0 Å².